The zero-order chi connectivity index (χ0) is 22.6. The predicted molar refractivity (Wildman–Crippen MR) is 133 cm³/mol. The number of anilines is 1. The van der Waals surface area contributed by atoms with Gasteiger partial charge in [-0.2, -0.15) is 0 Å². The summed E-state index contributed by atoms with van der Waals surface area (Å²) in [6.45, 7) is 15.0. The number of para-hydroxylation sites is 1. The minimum absolute atomic E-state index is 0.115. The van der Waals surface area contributed by atoms with Gasteiger partial charge in [-0.25, -0.2) is 0 Å². The van der Waals surface area contributed by atoms with E-state index in [4.69, 9.17) is 0 Å². The van der Waals surface area contributed by atoms with Crippen LogP contribution in [0, 0.1) is 5.41 Å². The van der Waals surface area contributed by atoms with Crippen molar-refractivity contribution in [3.05, 3.63) is 89.1 Å². The second-order valence-electron chi connectivity index (χ2n) is 8.28. The fraction of sp³-hybridized carbons (Fsp3) is 0.393. The molecule has 0 unspecified atom stereocenters. The van der Waals surface area contributed by atoms with E-state index in [9.17, 15) is 4.79 Å². The Kier molecular flexibility index (Phi) is 10.9. The summed E-state index contributed by atoms with van der Waals surface area (Å²) >= 11 is 0. The number of hydrogen-bond acceptors (Lipinski definition) is 1. The van der Waals surface area contributed by atoms with Crippen molar-refractivity contribution in [2.24, 2.45) is 5.41 Å². The fourth-order valence-electron chi connectivity index (χ4n) is 3.59. The third-order valence-electron chi connectivity index (χ3n) is 5.17. The van der Waals surface area contributed by atoms with Crippen molar-refractivity contribution in [1.82, 2.24) is 0 Å². The zero-order valence-corrected chi connectivity index (χ0v) is 19.9. The minimum Gasteiger partial charge on any atom is -0.323 e. The molecule has 0 radical (unpaired) electrons. The lowest BCUT2D eigenvalue weighted by molar-refractivity contribution is -0.111. The van der Waals surface area contributed by atoms with Gasteiger partial charge in [0.1, 0.15) is 0 Å². The minimum atomic E-state index is -0.115. The van der Waals surface area contributed by atoms with E-state index in [1.54, 1.807) is 6.08 Å². The molecule has 2 rings (SSSR count). The second-order valence-corrected chi connectivity index (χ2v) is 8.28. The number of nitrogens with one attached hydrogen (secondary N) is 1. The molecular weight excluding hydrogens is 366 g/mol. The average molecular weight is 406 g/mol. The van der Waals surface area contributed by atoms with Gasteiger partial charge in [0.15, 0.2) is 0 Å². The molecule has 30 heavy (non-hydrogen) atoms. The molecule has 162 valence electrons. The maximum Gasteiger partial charge on any atom is 0.248 e. The first kappa shape index (κ1) is 25.4. The maximum atomic E-state index is 12.0. The van der Waals surface area contributed by atoms with Crippen LogP contribution in [0.4, 0.5) is 5.69 Å². The number of rotatable bonds is 6. The van der Waals surface area contributed by atoms with E-state index in [0.29, 0.717) is 0 Å². The molecule has 0 aliphatic heterocycles. The summed E-state index contributed by atoms with van der Waals surface area (Å²) in [4.78, 5) is 12.0. The summed E-state index contributed by atoms with van der Waals surface area (Å²) < 4.78 is 0. The Morgan fingerprint density at radius 1 is 1.03 bits per heavy atom. The van der Waals surface area contributed by atoms with E-state index in [2.05, 4.69) is 51.2 Å². The third kappa shape index (κ3) is 8.82. The molecule has 0 heterocycles. The van der Waals surface area contributed by atoms with Crippen molar-refractivity contribution in [2.75, 3.05) is 5.32 Å². The van der Waals surface area contributed by atoms with Crippen LogP contribution in [0.5, 0.6) is 0 Å². The topological polar surface area (TPSA) is 29.1 Å². The molecule has 0 spiro atoms. The van der Waals surface area contributed by atoms with Crippen molar-refractivity contribution in [1.29, 1.82) is 0 Å². The lowest BCUT2D eigenvalue weighted by Gasteiger charge is -2.32. The van der Waals surface area contributed by atoms with Crippen molar-refractivity contribution >= 4 is 11.6 Å². The summed E-state index contributed by atoms with van der Waals surface area (Å²) in [6, 6.07) is 9.48. The van der Waals surface area contributed by atoms with E-state index in [-0.39, 0.29) is 11.3 Å². The van der Waals surface area contributed by atoms with Crippen LogP contribution in [0.25, 0.3) is 0 Å². The van der Waals surface area contributed by atoms with Gasteiger partial charge < -0.3 is 5.32 Å². The van der Waals surface area contributed by atoms with Crippen LogP contribution in [-0.4, -0.2) is 5.91 Å². The molecule has 0 saturated carbocycles. The van der Waals surface area contributed by atoms with E-state index in [1.807, 2.05) is 63.3 Å². The predicted octanol–water partition coefficient (Wildman–Crippen LogP) is 8.18. The molecule has 1 amide bonds. The quantitative estimate of drug-likeness (QED) is 0.375. The Morgan fingerprint density at radius 3 is 2.33 bits per heavy atom. The van der Waals surface area contributed by atoms with Gasteiger partial charge in [0, 0.05) is 11.8 Å². The van der Waals surface area contributed by atoms with Crippen molar-refractivity contribution < 1.29 is 4.79 Å². The zero-order valence-electron chi connectivity index (χ0n) is 19.9. The van der Waals surface area contributed by atoms with Crippen LogP contribution in [0.3, 0.4) is 0 Å². The normalized spacial score (nSPS) is 17.2. The van der Waals surface area contributed by atoms with E-state index >= 15 is 0 Å². The largest absolute Gasteiger partial charge is 0.323 e. The van der Waals surface area contributed by atoms with Gasteiger partial charge in [0.05, 0.1) is 0 Å². The number of carbonyl (C=O) groups excluding carboxylic acids is 1. The van der Waals surface area contributed by atoms with Crippen LogP contribution in [0.15, 0.2) is 89.1 Å². The van der Waals surface area contributed by atoms with Crippen LogP contribution < -0.4 is 5.32 Å². The van der Waals surface area contributed by atoms with Gasteiger partial charge in [0.2, 0.25) is 5.91 Å². The Morgan fingerprint density at radius 2 is 1.70 bits per heavy atom. The first-order valence-corrected chi connectivity index (χ1v) is 11.1. The third-order valence-corrected chi connectivity index (χ3v) is 5.17. The number of hydrogen-bond donors (Lipinski definition) is 1. The molecule has 1 aliphatic carbocycles. The molecule has 2 heteroatoms. The fourth-order valence-corrected chi connectivity index (χ4v) is 3.59. The van der Waals surface area contributed by atoms with Crippen LogP contribution in [0.1, 0.15) is 67.7 Å². The second kappa shape index (κ2) is 12.8. The first-order valence-electron chi connectivity index (χ1n) is 11.1. The van der Waals surface area contributed by atoms with Gasteiger partial charge in [-0.3, -0.25) is 4.79 Å². The average Bonchev–Trinajstić information content (AvgIpc) is 2.69. The Labute approximate surface area is 184 Å². The maximum absolute atomic E-state index is 12.0. The standard InChI is InChI=1S/C26H33NO.C2H6/c1-20(16-17-24-22(3)13-10-18-26(24,4)5)11-9-12-21(2)19-25(28)27-23-14-7-6-8-15-23;1-2/h6-9,11-12,14-17,19H,10,13,18H2,1-5H3,(H,27,28);1-2H3/b12-9+,17-16+,20-11+,21-19+;. The Balaban J connectivity index is 0.00000218. The molecule has 1 aliphatic rings. The molecular formula is C28H39NO. The van der Waals surface area contributed by atoms with Gasteiger partial charge >= 0.3 is 0 Å². The smallest absolute Gasteiger partial charge is 0.248 e. The molecule has 1 aromatic carbocycles. The molecule has 0 atom stereocenters. The van der Waals surface area contributed by atoms with Crippen molar-refractivity contribution in [3.63, 3.8) is 0 Å². The Bertz CT molecular complexity index is 833. The van der Waals surface area contributed by atoms with E-state index < -0.39 is 0 Å². The molecule has 1 aromatic rings. The van der Waals surface area contributed by atoms with Gasteiger partial charge in [-0.1, -0.05) is 87.4 Å². The monoisotopic (exact) mass is 405 g/mol. The highest BCUT2D eigenvalue weighted by Gasteiger charge is 2.26. The highest BCUT2D eigenvalue weighted by atomic mass is 16.1. The number of amides is 1. The number of benzene rings is 1. The summed E-state index contributed by atoms with van der Waals surface area (Å²) in [7, 11) is 0. The molecule has 0 aromatic heterocycles. The van der Waals surface area contributed by atoms with Crippen LogP contribution >= 0.6 is 0 Å². The molecule has 0 fully saturated rings. The molecule has 1 N–H and O–H groups in total. The van der Waals surface area contributed by atoms with Gasteiger partial charge in [-0.15, -0.1) is 0 Å². The summed E-state index contributed by atoms with van der Waals surface area (Å²) in [5.74, 6) is -0.115. The van der Waals surface area contributed by atoms with E-state index in [1.165, 1.54) is 36.0 Å². The summed E-state index contributed by atoms with van der Waals surface area (Å²) in [5.41, 5.74) is 6.16. The molecule has 0 bridgehead atoms. The van der Waals surface area contributed by atoms with Crippen molar-refractivity contribution in [2.45, 2.75) is 67.7 Å². The van der Waals surface area contributed by atoms with Gasteiger partial charge in [-0.05, 0) is 68.7 Å². The van der Waals surface area contributed by atoms with E-state index in [0.717, 1.165) is 11.3 Å². The SMILES string of the molecule is CC.CC1=C(/C=C/C(C)=C/C=C/C(C)=C/C(=O)Nc2ccccc2)C(C)(C)CCC1. The highest BCUT2D eigenvalue weighted by Crippen LogP contribution is 2.40. The Hall–Kier alpha value is -2.61. The van der Waals surface area contributed by atoms with Crippen molar-refractivity contribution in [3.8, 4) is 0 Å². The lowest BCUT2D eigenvalue weighted by atomic mass is 9.72. The number of allylic oxidation sites excluding steroid dienone is 9. The molecule has 2 nitrogen and oxygen atoms in total. The summed E-state index contributed by atoms with van der Waals surface area (Å²) in [6.07, 6.45) is 15.9. The summed E-state index contributed by atoms with van der Waals surface area (Å²) in [5, 5.41) is 2.86. The lowest BCUT2D eigenvalue weighted by Crippen LogP contribution is -2.19. The van der Waals surface area contributed by atoms with Crippen LogP contribution in [0.2, 0.25) is 0 Å². The number of carbonyl (C=O) groups is 1. The van der Waals surface area contributed by atoms with Gasteiger partial charge in [0.25, 0.3) is 0 Å². The highest BCUT2D eigenvalue weighted by molar-refractivity contribution is 5.99. The first-order chi connectivity index (χ1) is 14.3. The van der Waals surface area contributed by atoms with Crippen LogP contribution in [-0.2, 0) is 4.79 Å². The molecule has 0 saturated heterocycles.